The molecular formula is C21H26N4O3S. The second-order valence-electron chi connectivity index (χ2n) is 6.65. The molecule has 154 valence electrons. The maximum absolute atomic E-state index is 12.9. The number of methoxy groups -OCH3 is 2. The van der Waals surface area contributed by atoms with Crippen LogP contribution in [0.4, 0.5) is 0 Å². The Morgan fingerprint density at radius 2 is 2.00 bits per heavy atom. The molecule has 7 nitrogen and oxygen atoms in total. The molecule has 0 aliphatic carbocycles. The van der Waals surface area contributed by atoms with E-state index in [1.165, 1.54) is 11.8 Å². The summed E-state index contributed by atoms with van der Waals surface area (Å²) < 4.78 is 14.6. The zero-order chi connectivity index (χ0) is 20.8. The molecule has 0 N–H and O–H groups in total. The first-order valence-electron chi connectivity index (χ1n) is 9.42. The molecule has 3 rings (SSSR count). The van der Waals surface area contributed by atoms with E-state index in [1.54, 1.807) is 20.5 Å². The molecular weight excluding hydrogens is 388 g/mol. The molecule has 0 atom stereocenters. The van der Waals surface area contributed by atoms with E-state index in [9.17, 15) is 4.79 Å². The average molecular weight is 415 g/mol. The smallest absolute Gasteiger partial charge is 0.196 e. The van der Waals surface area contributed by atoms with Crippen molar-refractivity contribution in [3.63, 3.8) is 0 Å². The van der Waals surface area contributed by atoms with Gasteiger partial charge in [0, 0.05) is 37.2 Å². The molecule has 29 heavy (non-hydrogen) atoms. The predicted octanol–water partition coefficient (Wildman–Crippen LogP) is 3.71. The zero-order valence-corrected chi connectivity index (χ0v) is 18.0. The molecule has 3 aromatic rings. The van der Waals surface area contributed by atoms with Crippen molar-refractivity contribution in [1.82, 2.24) is 19.3 Å². The summed E-state index contributed by atoms with van der Waals surface area (Å²) in [6.45, 7) is 5.57. The number of hydrogen-bond donors (Lipinski definition) is 0. The molecule has 0 saturated carbocycles. The Morgan fingerprint density at radius 3 is 2.76 bits per heavy atom. The minimum absolute atomic E-state index is 0.0793. The van der Waals surface area contributed by atoms with Crippen molar-refractivity contribution < 1.29 is 14.3 Å². The Labute approximate surface area is 175 Å². The summed E-state index contributed by atoms with van der Waals surface area (Å²) in [6.07, 6.45) is 2.55. The van der Waals surface area contributed by atoms with Gasteiger partial charge in [0.1, 0.15) is 12.1 Å². The molecule has 0 saturated heterocycles. The van der Waals surface area contributed by atoms with Gasteiger partial charge in [0.2, 0.25) is 0 Å². The van der Waals surface area contributed by atoms with E-state index >= 15 is 0 Å². The van der Waals surface area contributed by atoms with Gasteiger partial charge in [-0.1, -0.05) is 23.9 Å². The number of aryl methyl sites for hydroxylation is 1. The maximum Gasteiger partial charge on any atom is 0.196 e. The first kappa shape index (κ1) is 21.1. The molecule has 1 aromatic carbocycles. The summed E-state index contributed by atoms with van der Waals surface area (Å²) >= 11 is 1.37. The van der Waals surface area contributed by atoms with Crippen molar-refractivity contribution in [2.45, 2.75) is 32.0 Å². The molecule has 0 radical (unpaired) electrons. The van der Waals surface area contributed by atoms with Crippen LogP contribution in [0.1, 0.15) is 28.2 Å². The minimum atomic E-state index is 0.0793. The highest BCUT2D eigenvalue weighted by Gasteiger charge is 2.18. The maximum atomic E-state index is 12.9. The number of rotatable bonds is 10. The lowest BCUT2D eigenvalue weighted by atomic mass is 10.2. The number of aromatic nitrogens is 4. The average Bonchev–Trinajstić information content (AvgIpc) is 3.31. The minimum Gasteiger partial charge on any atom is -0.495 e. The van der Waals surface area contributed by atoms with Crippen LogP contribution in [-0.4, -0.2) is 51.7 Å². The molecule has 2 aromatic heterocycles. The number of Topliss-reactive ketones (excluding diaryl/α,β-unsaturated/α-hetero) is 1. The monoisotopic (exact) mass is 414 g/mol. The summed E-state index contributed by atoms with van der Waals surface area (Å²) in [4.78, 5) is 12.9. The van der Waals surface area contributed by atoms with Crippen LogP contribution in [0.5, 0.6) is 5.75 Å². The third-order valence-electron chi connectivity index (χ3n) is 4.80. The first-order chi connectivity index (χ1) is 14.1. The van der Waals surface area contributed by atoms with E-state index in [0.717, 1.165) is 41.4 Å². The highest BCUT2D eigenvalue weighted by Crippen LogP contribution is 2.27. The van der Waals surface area contributed by atoms with Crippen molar-refractivity contribution in [1.29, 1.82) is 0 Å². The number of thioether (sulfide) groups is 1. The van der Waals surface area contributed by atoms with E-state index in [4.69, 9.17) is 9.47 Å². The molecule has 0 aliphatic heterocycles. The zero-order valence-electron chi connectivity index (χ0n) is 17.2. The van der Waals surface area contributed by atoms with E-state index in [2.05, 4.69) is 14.8 Å². The lowest BCUT2D eigenvalue weighted by Gasteiger charge is -2.11. The van der Waals surface area contributed by atoms with Crippen LogP contribution in [0.25, 0.3) is 5.69 Å². The number of hydrogen-bond acceptors (Lipinski definition) is 6. The van der Waals surface area contributed by atoms with E-state index in [1.807, 2.05) is 48.7 Å². The standard InChI is InChI=1S/C21H26N4O3S/c1-15-12-17(16(2)24(15)10-7-11-27-3)19(26)13-29-21-23-22-14-25(21)18-8-5-6-9-20(18)28-4/h5-6,8-9,12,14H,7,10-11,13H2,1-4H3. The van der Waals surface area contributed by atoms with Crippen LogP contribution < -0.4 is 4.74 Å². The van der Waals surface area contributed by atoms with Crippen LogP contribution in [0, 0.1) is 13.8 Å². The van der Waals surface area contributed by atoms with Crippen molar-refractivity contribution in [2.75, 3.05) is 26.6 Å². The van der Waals surface area contributed by atoms with Gasteiger partial charge in [0.25, 0.3) is 0 Å². The topological polar surface area (TPSA) is 71.2 Å². The molecule has 0 aliphatic rings. The lowest BCUT2D eigenvalue weighted by molar-refractivity contribution is 0.102. The van der Waals surface area contributed by atoms with Crippen molar-refractivity contribution in [3.8, 4) is 11.4 Å². The van der Waals surface area contributed by atoms with Gasteiger partial charge in [-0.2, -0.15) is 0 Å². The lowest BCUT2D eigenvalue weighted by Crippen LogP contribution is -2.08. The van der Waals surface area contributed by atoms with E-state index in [-0.39, 0.29) is 11.5 Å². The SMILES string of the molecule is COCCCn1c(C)cc(C(=O)CSc2nncn2-c2ccccc2OC)c1C. The summed E-state index contributed by atoms with van der Waals surface area (Å²) in [6, 6.07) is 9.62. The van der Waals surface area contributed by atoms with E-state index < -0.39 is 0 Å². The van der Waals surface area contributed by atoms with Crippen molar-refractivity contribution >= 4 is 17.5 Å². The van der Waals surface area contributed by atoms with E-state index in [0.29, 0.717) is 11.8 Å². The number of para-hydroxylation sites is 2. The molecule has 0 spiro atoms. The van der Waals surface area contributed by atoms with Gasteiger partial charge >= 0.3 is 0 Å². The molecule has 8 heteroatoms. The molecule has 0 bridgehead atoms. The fourth-order valence-electron chi connectivity index (χ4n) is 3.32. The number of benzene rings is 1. The van der Waals surface area contributed by atoms with Crippen LogP contribution in [0.2, 0.25) is 0 Å². The molecule has 0 unspecified atom stereocenters. The number of ether oxygens (including phenoxy) is 2. The van der Waals surface area contributed by atoms with Gasteiger partial charge in [0.05, 0.1) is 18.6 Å². The Kier molecular flexibility index (Phi) is 7.11. The summed E-state index contributed by atoms with van der Waals surface area (Å²) in [5.74, 6) is 1.09. The van der Waals surface area contributed by atoms with Gasteiger partial charge in [-0.3, -0.25) is 9.36 Å². The Bertz CT molecular complexity index is 980. The van der Waals surface area contributed by atoms with Crippen LogP contribution >= 0.6 is 11.8 Å². The van der Waals surface area contributed by atoms with Crippen molar-refractivity contribution in [3.05, 3.63) is 53.6 Å². The van der Waals surface area contributed by atoms with Gasteiger partial charge in [0.15, 0.2) is 10.9 Å². The van der Waals surface area contributed by atoms with Crippen LogP contribution in [-0.2, 0) is 11.3 Å². The number of carbonyl (C=O) groups excluding carboxylic acids is 1. The van der Waals surface area contributed by atoms with Crippen LogP contribution in [0.15, 0.2) is 41.8 Å². The summed E-state index contributed by atoms with van der Waals surface area (Å²) in [5, 5.41) is 8.84. The second-order valence-corrected chi connectivity index (χ2v) is 7.59. The fraction of sp³-hybridized carbons (Fsp3) is 0.381. The van der Waals surface area contributed by atoms with Gasteiger partial charge in [-0.05, 0) is 38.5 Å². The largest absolute Gasteiger partial charge is 0.495 e. The van der Waals surface area contributed by atoms with Crippen LogP contribution in [0.3, 0.4) is 0 Å². The van der Waals surface area contributed by atoms with Gasteiger partial charge < -0.3 is 14.0 Å². The Balaban J connectivity index is 1.73. The van der Waals surface area contributed by atoms with Gasteiger partial charge in [-0.25, -0.2) is 0 Å². The molecule has 0 amide bonds. The normalized spacial score (nSPS) is 11.0. The third-order valence-corrected chi connectivity index (χ3v) is 5.74. The Hall–Kier alpha value is -2.58. The molecule has 0 fully saturated rings. The predicted molar refractivity (Wildman–Crippen MR) is 113 cm³/mol. The molecule has 2 heterocycles. The Morgan fingerprint density at radius 1 is 1.21 bits per heavy atom. The highest BCUT2D eigenvalue weighted by molar-refractivity contribution is 7.99. The fourth-order valence-corrected chi connectivity index (χ4v) is 4.12. The first-order valence-corrected chi connectivity index (χ1v) is 10.4. The number of nitrogens with zero attached hydrogens (tertiary/aromatic N) is 4. The quantitative estimate of drug-likeness (QED) is 0.286. The van der Waals surface area contributed by atoms with Crippen molar-refractivity contribution in [2.24, 2.45) is 0 Å². The van der Waals surface area contributed by atoms with Gasteiger partial charge in [-0.15, -0.1) is 10.2 Å². The summed E-state index contributed by atoms with van der Waals surface area (Å²) in [5.41, 5.74) is 3.68. The third kappa shape index (κ3) is 4.71. The summed E-state index contributed by atoms with van der Waals surface area (Å²) in [7, 11) is 3.33. The highest BCUT2D eigenvalue weighted by atomic mass is 32.2. The second kappa shape index (κ2) is 9.76. The number of ketones is 1. The number of carbonyl (C=O) groups is 1.